The van der Waals surface area contributed by atoms with E-state index in [2.05, 4.69) is 43.5 Å². The topological polar surface area (TPSA) is 93.0 Å². The summed E-state index contributed by atoms with van der Waals surface area (Å²) in [5, 5.41) is 7.33. The maximum atomic E-state index is 13.1. The van der Waals surface area contributed by atoms with Crippen LogP contribution in [0, 0.1) is 5.92 Å². The monoisotopic (exact) mass is 505 g/mol. The maximum Gasteiger partial charge on any atom is 0.241 e. The molecule has 2 aromatic carbocycles. The molecule has 1 N–H and O–H groups in total. The third kappa shape index (κ3) is 6.74. The van der Waals surface area contributed by atoms with Crippen molar-refractivity contribution in [3.8, 4) is 17.1 Å². The fourth-order valence-corrected chi connectivity index (χ4v) is 4.99. The smallest absolute Gasteiger partial charge is 0.241 e. The molecule has 196 valence electrons. The highest BCUT2D eigenvalue weighted by molar-refractivity contribution is 5.79. The van der Waals surface area contributed by atoms with Crippen molar-refractivity contribution in [2.24, 2.45) is 5.92 Å². The van der Waals surface area contributed by atoms with E-state index < -0.39 is 0 Å². The standard InChI is InChI=1S/C28H35N5O4/c1-35-25-10-8-21(9-11-25)27-30-26(37-31-27)20-33-12-4-7-24(19-33)28(34)29-17-22-5-2-3-6-23(22)18-32-13-15-36-16-14-32/h2-3,5-6,8-11,24H,4,7,12-20H2,1H3,(H,29,34). The van der Waals surface area contributed by atoms with E-state index >= 15 is 0 Å². The lowest BCUT2D eigenvalue weighted by Gasteiger charge is -2.31. The fraction of sp³-hybridized carbons (Fsp3) is 0.464. The minimum atomic E-state index is -0.0517. The number of aromatic nitrogens is 2. The second-order valence-electron chi connectivity index (χ2n) is 9.69. The van der Waals surface area contributed by atoms with Gasteiger partial charge in [0.2, 0.25) is 17.6 Å². The number of likely N-dealkylation sites (tertiary alicyclic amines) is 1. The molecule has 1 aromatic heterocycles. The van der Waals surface area contributed by atoms with Crippen molar-refractivity contribution in [1.29, 1.82) is 0 Å². The van der Waals surface area contributed by atoms with Gasteiger partial charge in [-0.25, -0.2) is 0 Å². The molecule has 1 amide bonds. The molecule has 3 heterocycles. The predicted octanol–water partition coefficient (Wildman–Crippen LogP) is 3.11. The molecule has 1 atom stereocenters. The second-order valence-corrected chi connectivity index (χ2v) is 9.69. The van der Waals surface area contributed by atoms with Gasteiger partial charge in [0.25, 0.3) is 0 Å². The van der Waals surface area contributed by atoms with Crippen molar-refractivity contribution in [3.05, 3.63) is 65.5 Å². The molecule has 2 fully saturated rings. The molecule has 0 radical (unpaired) electrons. The number of morpholine rings is 1. The molecule has 2 saturated heterocycles. The molecule has 2 aliphatic heterocycles. The SMILES string of the molecule is COc1ccc(-c2noc(CN3CCCC(C(=O)NCc4ccccc4CN4CCOCC4)C3)n2)cc1. The number of benzene rings is 2. The Balaban J connectivity index is 1.13. The summed E-state index contributed by atoms with van der Waals surface area (Å²) >= 11 is 0. The molecular weight excluding hydrogens is 470 g/mol. The van der Waals surface area contributed by atoms with Gasteiger partial charge in [-0.05, 0) is 54.8 Å². The van der Waals surface area contributed by atoms with Gasteiger partial charge in [0.05, 0.1) is 32.8 Å². The second kappa shape index (κ2) is 12.3. The van der Waals surface area contributed by atoms with E-state index in [0.717, 1.165) is 63.5 Å². The van der Waals surface area contributed by atoms with E-state index in [1.54, 1.807) is 7.11 Å². The highest BCUT2D eigenvalue weighted by atomic mass is 16.5. The van der Waals surface area contributed by atoms with Crippen molar-refractivity contribution in [3.63, 3.8) is 0 Å². The van der Waals surface area contributed by atoms with Gasteiger partial charge in [-0.3, -0.25) is 14.6 Å². The Morgan fingerprint density at radius 1 is 1.03 bits per heavy atom. The normalized spacial score (nSPS) is 19.0. The molecule has 9 heteroatoms. The molecule has 0 bridgehead atoms. The van der Waals surface area contributed by atoms with Gasteiger partial charge in [0, 0.05) is 38.3 Å². The average molecular weight is 506 g/mol. The van der Waals surface area contributed by atoms with Gasteiger partial charge >= 0.3 is 0 Å². The van der Waals surface area contributed by atoms with Crippen LogP contribution in [0.1, 0.15) is 29.9 Å². The summed E-state index contributed by atoms with van der Waals surface area (Å²) < 4.78 is 16.2. The number of methoxy groups -OCH3 is 1. The third-order valence-corrected chi connectivity index (χ3v) is 7.12. The highest BCUT2D eigenvalue weighted by Gasteiger charge is 2.27. The van der Waals surface area contributed by atoms with Crippen LogP contribution in [0.3, 0.4) is 0 Å². The molecule has 9 nitrogen and oxygen atoms in total. The number of ether oxygens (including phenoxy) is 2. The van der Waals surface area contributed by atoms with E-state index in [0.29, 0.717) is 31.3 Å². The van der Waals surface area contributed by atoms with Gasteiger partial charge < -0.3 is 19.3 Å². The predicted molar refractivity (Wildman–Crippen MR) is 139 cm³/mol. The van der Waals surface area contributed by atoms with Crippen molar-refractivity contribution in [2.75, 3.05) is 46.5 Å². The van der Waals surface area contributed by atoms with E-state index in [4.69, 9.17) is 14.0 Å². The maximum absolute atomic E-state index is 13.1. The molecule has 37 heavy (non-hydrogen) atoms. The molecule has 5 rings (SSSR count). The highest BCUT2D eigenvalue weighted by Crippen LogP contribution is 2.22. The lowest BCUT2D eigenvalue weighted by Crippen LogP contribution is -2.42. The van der Waals surface area contributed by atoms with Crippen LogP contribution in [0.5, 0.6) is 5.75 Å². The van der Waals surface area contributed by atoms with Crippen LogP contribution in [0.4, 0.5) is 0 Å². The summed E-state index contributed by atoms with van der Waals surface area (Å²) in [6.07, 6.45) is 1.85. The third-order valence-electron chi connectivity index (χ3n) is 7.12. The zero-order chi connectivity index (χ0) is 25.5. The van der Waals surface area contributed by atoms with E-state index in [-0.39, 0.29) is 11.8 Å². The number of rotatable bonds is 9. The number of amides is 1. The first-order valence-electron chi connectivity index (χ1n) is 13.0. The largest absolute Gasteiger partial charge is 0.497 e. The number of nitrogens with zero attached hydrogens (tertiary/aromatic N) is 4. The van der Waals surface area contributed by atoms with Crippen LogP contribution in [-0.4, -0.2) is 72.4 Å². The summed E-state index contributed by atoms with van der Waals surface area (Å²) in [6.45, 7) is 7.01. The Hall–Kier alpha value is -3.27. The van der Waals surface area contributed by atoms with Gasteiger partial charge in [-0.2, -0.15) is 4.98 Å². The molecule has 0 saturated carbocycles. The molecular formula is C28H35N5O4. The van der Waals surface area contributed by atoms with Crippen LogP contribution in [0.25, 0.3) is 11.4 Å². The molecule has 0 spiro atoms. The zero-order valence-electron chi connectivity index (χ0n) is 21.4. The Morgan fingerprint density at radius 3 is 2.59 bits per heavy atom. The van der Waals surface area contributed by atoms with Gasteiger partial charge in [-0.15, -0.1) is 0 Å². The van der Waals surface area contributed by atoms with Crippen LogP contribution in [-0.2, 0) is 29.2 Å². The van der Waals surface area contributed by atoms with E-state index in [1.807, 2.05) is 30.3 Å². The first-order chi connectivity index (χ1) is 18.2. The summed E-state index contributed by atoms with van der Waals surface area (Å²) in [6, 6.07) is 15.9. The average Bonchev–Trinajstić information content (AvgIpc) is 3.41. The van der Waals surface area contributed by atoms with Crippen LogP contribution in [0.15, 0.2) is 53.1 Å². The summed E-state index contributed by atoms with van der Waals surface area (Å²) in [4.78, 5) is 22.3. The first-order valence-corrected chi connectivity index (χ1v) is 13.0. The van der Waals surface area contributed by atoms with Crippen LogP contribution >= 0.6 is 0 Å². The van der Waals surface area contributed by atoms with Crippen molar-refractivity contribution >= 4 is 5.91 Å². The number of nitrogens with one attached hydrogen (secondary N) is 1. The van der Waals surface area contributed by atoms with Crippen LogP contribution in [0.2, 0.25) is 0 Å². The van der Waals surface area contributed by atoms with Gasteiger partial charge in [0.1, 0.15) is 5.75 Å². The Labute approximate surface area is 217 Å². The lowest BCUT2D eigenvalue weighted by atomic mass is 9.97. The summed E-state index contributed by atoms with van der Waals surface area (Å²) in [7, 11) is 1.64. The fourth-order valence-electron chi connectivity index (χ4n) is 4.99. The lowest BCUT2D eigenvalue weighted by molar-refractivity contribution is -0.127. The Bertz CT molecular complexity index is 1160. The van der Waals surface area contributed by atoms with Gasteiger partial charge in [0.15, 0.2) is 0 Å². The number of hydrogen-bond donors (Lipinski definition) is 1. The number of piperidine rings is 1. The van der Waals surface area contributed by atoms with Crippen molar-refractivity contribution < 1.29 is 18.8 Å². The number of hydrogen-bond acceptors (Lipinski definition) is 8. The molecule has 2 aliphatic rings. The van der Waals surface area contributed by atoms with E-state index in [9.17, 15) is 4.79 Å². The summed E-state index contributed by atoms with van der Waals surface area (Å²) in [5.41, 5.74) is 3.31. The quantitative estimate of drug-likeness (QED) is 0.474. The van der Waals surface area contributed by atoms with Crippen LogP contribution < -0.4 is 10.1 Å². The van der Waals surface area contributed by atoms with E-state index in [1.165, 1.54) is 11.1 Å². The molecule has 0 aliphatic carbocycles. The number of carbonyl (C=O) groups excluding carboxylic acids is 1. The minimum Gasteiger partial charge on any atom is -0.497 e. The Kier molecular flexibility index (Phi) is 8.45. The molecule has 3 aromatic rings. The first kappa shape index (κ1) is 25.4. The van der Waals surface area contributed by atoms with Crippen molar-refractivity contribution in [2.45, 2.75) is 32.5 Å². The molecule has 1 unspecified atom stereocenters. The summed E-state index contributed by atoms with van der Waals surface area (Å²) in [5.74, 6) is 1.95. The Morgan fingerprint density at radius 2 is 1.81 bits per heavy atom. The minimum absolute atomic E-state index is 0.0517. The van der Waals surface area contributed by atoms with Crippen molar-refractivity contribution in [1.82, 2.24) is 25.3 Å². The van der Waals surface area contributed by atoms with Gasteiger partial charge in [-0.1, -0.05) is 29.4 Å². The zero-order valence-corrected chi connectivity index (χ0v) is 21.4. The number of carbonyl (C=O) groups is 1.